The predicted octanol–water partition coefficient (Wildman–Crippen LogP) is 2.25. The lowest BCUT2D eigenvalue weighted by atomic mass is 10.1. The van der Waals surface area contributed by atoms with Crippen LogP contribution in [0.15, 0.2) is 30.3 Å². The van der Waals surface area contributed by atoms with Crippen LogP contribution in [0.1, 0.15) is 37.7 Å². The first kappa shape index (κ1) is 17.7. The van der Waals surface area contributed by atoms with Crippen LogP contribution in [-0.2, 0) is 4.79 Å². The molecule has 0 unspecified atom stereocenters. The van der Waals surface area contributed by atoms with Crippen molar-refractivity contribution in [3.05, 3.63) is 41.8 Å². The van der Waals surface area contributed by atoms with Gasteiger partial charge in [-0.2, -0.15) is 5.10 Å². The number of nitrogens with zero attached hydrogens (tertiary/aromatic N) is 1. The average molecular weight is 332 g/mol. The fourth-order valence-electron chi connectivity index (χ4n) is 2.02. The Hall–Kier alpha value is -2.70. The first-order valence-corrected chi connectivity index (χ1v) is 7.83. The molecule has 2 rings (SSSR count). The number of hydrogen-bond donors (Lipinski definition) is 3. The van der Waals surface area contributed by atoms with Gasteiger partial charge in [0.05, 0.1) is 5.69 Å². The van der Waals surface area contributed by atoms with E-state index in [1.165, 1.54) is 12.1 Å². The number of nitrogens with one attached hydrogen (secondary N) is 3. The zero-order valence-electron chi connectivity index (χ0n) is 13.9. The number of benzene rings is 1. The van der Waals surface area contributed by atoms with E-state index in [0.717, 1.165) is 6.42 Å². The molecule has 0 fully saturated rings. The molecule has 1 aromatic carbocycles. The number of rotatable bonds is 6. The molecule has 0 spiro atoms. The topological polar surface area (TPSA) is 86.9 Å². The second-order valence-electron chi connectivity index (χ2n) is 5.69. The highest BCUT2D eigenvalue weighted by atomic mass is 19.1. The number of aromatic nitrogens is 2. The van der Waals surface area contributed by atoms with Gasteiger partial charge in [-0.15, -0.1) is 0 Å². The summed E-state index contributed by atoms with van der Waals surface area (Å²) in [5.41, 5.74) is 1.45. The van der Waals surface area contributed by atoms with Crippen LogP contribution in [0.4, 0.5) is 4.39 Å². The van der Waals surface area contributed by atoms with Gasteiger partial charge in [0.15, 0.2) is 0 Å². The maximum absolute atomic E-state index is 12.9. The highest BCUT2D eigenvalue weighted by Crippen LogP contribution is 2.18. The molecule has 7 heteroatoms. The van der Waals surface area contributed by atoms with Crippen molar-refractivity contribution in [2.24, 2.45) is 0 Å². The molecule has 1 heterocycles. The Bertz CT molecular complexity index is 712. The lowest BCUT2D eigenvalue weighted by molar-refractivity contribution is -0.123. The van der Waals surface area contributed by atoms with E-state index < -0.39 is 11.9 Å². The lowest BCUT2D eigenvalue weighted by Gasteiger charge is -2.17. The molecule has 2 atom stereocenters. The molecular weight excluding hydrogens is 311 g/mol. The first-order valence-electron chi connectivity index (χ1n) is 7.83. The van der Waals surface area contributed by atoms with Crippen LogP contribution in [0.2, 0.25) is 0 Å². The Morgan fingerprint density at radius 3 is 2.50 bits per heavy atom. The monoisotopic (exact) mass is 332 g/mol. The first-order chi connectivity index (χ1) is 11.4. The average Bonchev–Trinajstić information content (AvgIpc) is 3.05. The Morgan fingerprint density at radius 2 is 1.88 bits per heavy atom. The molecule has 0 aliphatic carbocycles. The second-order valence-corrected chi connectivity index (χ2v) is 5.69. The summed E-state index contributed by atoms with van der Waals surface area (Å²) < 4.78 is 12.9. The quantitative estimate of drug-likeness (QED) is 0.758. The van der Waals surface area contributed by atoms with Gasteiger partial charge in [-0.1, -0.05) is 6.92 Å². The van der Waals surface area contributed by atoms with Gasteiger partial charge in [0.2, 0.25) is 5.91 Å². The highest BCUT2D eigenvalue weighted by molar-refractivity contribution is 5.96. The maximum Gasteiger partial charge on any atom is 0.269 e. The van der Waals surface area contributed by atoms with Crippen LogP contribution in [0.25, 0.3) is 11.3 Å². The molecule has 0 aliphatic rings. The number of carbonyl (C=O) groups is 2. The number of halogens is 1. The van der Waals surface area contributed by atoms with E-state index in [0.29, 0.717) is 11.3 Å². The maximum atomic E-state index is 12.9. The van der Waals surface area contributed by atoms with Gasteiger partial charge < -0.3 is 10.6 Å². The zero-order valence-corrected chi connectivity index (χ0v) is 13.9. The summed E-state index contributed by atoms with van der Waals surface area (Å²) in [6.07, 6.45) is 0.813. The fourth-order valence-corrected chi connectivity index (χ4v) is 2.02. The minimum absolute atomic E-state index is 0.0501. The van der Waals surface area contributed by atoms with Crippen LogP contribution in [0.3, 0.4) is 0 Å². The number of amides is 2. The molecular formula is C17H21FN4O2. The number of aromatic amines is 1. The molecule has 24 heavy (non-hydrogen) atoms. The van der Waals surface area contributed by atoms with Gasteiger partial charge in [0, 0.05) is 11.6 Å². The van der Waals surface area contributed by atoms with Crippen molar-refractivity contribution in [1.82, 2.24) is 20.8 Å². The summed E-state index contributed by atoms with van der Waals surface area (Å²) in [7, 11) is 0. The summed E-state index contributed by atoms with van der Waals surface area (Å²) in [6, 6.07) is 6.75. The smallest absolute Gasteiger partial charge is 0.269 e. The summed E-state index contributed by atoms with van der Waals surface area (Å²) in [6.45, 7) is 5.49. The van der Waals surface area contributed by atoms with E-state index in [9.17, 15) is 14.0 Å². The summed E-state index contributed by atoms with van der Waals surface area (Å²) in [5, 5.41) is 12.1. The van der Waals surface area contributed by atoms with Crippen molar-refractivity contribution >= 4 is 11.8 Å². The van der Waals surface area contributed by atoms with Crippen LogP contribution < -0.4 is 10.6 Å². The highest BCUT2D eigenvalue weighted by Gasteiger charge is 2.19. The van der Waals surface area contributed by atoms with Gasteiger partial charge in [-0.05, 0) is 50.6 Å². The van der Waals surface area contributed by atoms with Gasteiger partial charge in [0.1, 0.15) is 17.6 Å². The van der Waals surface area contributed by atoms with Crippen molar-refractivity contribution in [3.8, 4) is 11.3 Å². The Labute approximate surface area is 139 Å². The number of carbonyl (C=O) groups excluding carboxylic acids is 2. The standard InChI is InChI=1S/C17H21FN4O2/c1-4-10(2)19-16(23)11(3)20-17(24)15-9-14(21-22-15)12-5-7-13(18)8-6-12/h5-11H,4H2,1-3H3,(H,19,23)(H,20,24)(H,21,22)/t10-,11-/m1/s1. The minimum Gasteiger partial charge on any atom is -0.352 e. The van der Waals surface area contributed by atoms with Crippen molar-refractivity contribution in [2.45, 2.75) is 39.3 Å². The molecule has 0 aliphatic heterocycles. The van der Waals surface area contributed by atoms with Crippen LogP contribution in [0, 0.1) is 5.82 Å². The molecule has 128 valence electrons. The third kappa shape index (κ3) is 4.41. The van der Waals surface area contributed by atoms with E-state index in [2.05, 4.69) is 20.8 Å². The van der Waals surface area contributed by atoms with Crippen molar-refractivity contribution in [3.63, 3.8) is 0 Å². The Morgan fingerprint density at radius 1 is 1.21 bits per heavy atom. The van der Waals surface area contributed by atoms with Crippen LogP contribution >= 0.6 is 0 Å². The van der Waals surface area contributed by atoms with E-state index in [-0.39, 0.29) is 23.5 Å². The predicted molar refractivity (Wildman–Crippen MR) is 88.8 cm³/mol. The molecule has 0 saturated heterocycles. The molecule has 1 aromatic heterocycles. The van der Waals surface area contributed by atoms with Crippen LogP contribution in [0.5, 0.6) is 0 Å². The molecule has 2 aromatic rings. The SMILES string of the molecule is CC[C@@H](C)NC(=O)[C@@H](C)NC(=O)c1cc(-c2ccc(F)cc2)n[nH]1. The van der Waals surface area contributed by atoms with E-state index in [1.54, 1.807) is 25.1 Å². The summed E-state index contributed by atoms with van der Waals surface area (Å²) >= 11 is 0. The normalized spacial score (nSPS) is 13.2. The van der Waals surface area contributed by atoms with Crippen molar-refractivity contribution in [2.75, 3.05) is 0 Å². The molecule has 0 saturated carbocycles. The van der Waals surface area contributed by atoms with Gasteiger partial charge >= 0.3 is 0 Å². The largest absolute Gasteiger partial charge is 0.352 e. The molecule has 3 N–H and O–H groups in total. The third-order valence-electron chi connectivity index (χ3n) is 3.70. The number of hydrogen-bond acceptors (Lipinski definition) is 3. The van der Waals surface area contributed by atoms with Crippen molar-refractivity contribution in [1.29, 1.82) is 0 Å². The molecule has 6 nitrogen and oxygen atoms in total. The zero-order chi connectivity index (χ0) is 17.7. The fraction of sp³-hybridized carbons (Fsp3) is 0.353. The summed E-state index contributed by atoms with van der Waals surface area (Å²) in [5.74, 6) is -1.01. The van der Waals surface area contributed by atoms with E-state index in [1.807, 2.05) is 13.8 Å². The van der Waals surface area contributed by atoms with Crippen LogP contribution in [-0.4, -0.2) is 34.1 Å². The molecule has 0 bridgehead atoms. The molecule has 2 amide bonds. The third-order valence-corrected chi connectivity index (χ3v) is 3.70. The Kier molecular flexibility index (Phi) is 5.68. The van der Waals surface area contributed by atoms with Gasteiger partial charge in [-0.3, -0.25) is 14.7 Å². The summed E-state index contributed by atoms with van der Waals surface area (Å²) in [4.78, 5) is 24.1. The number of H-pyrrole nitrogens is 1. The van der Waals surface area contributed by atoms with Gasteiger partial charge in [-0.25, -0.2) is 4.39 Å². The lowest BCUT2D eigenvalue weighted by Crippen LogP contribution is -2.47. The van der Waals surface area contributed by atoms with E-state index >= 15 is 0 Å². The van der Waals surface area contributed by atoms with Gasteiger partial charge in [0.25, 0.3) is 5.91 Å². The molecule has 0 radical (unpaired) electrons. The second kappa shape index (κ2) is 7.72. The minimum atomic E-state index is -0.663. The van der Waals surface area contributed by atoms with E-state index in [4.69, 9.17) is 0 Å². The Balaban J connectivity index is 2.00. The van der Waals surface area contributed by atoms with Crippen molar-refractivity contribution < 1.29 is 14.0 Å².